The number of anilines is 1. The molecule has 0 atom stereocenters. The number of hydrogen-bond acceptors (Lipinski definition) is 4. The maximum absolute atomic E-state index is 8.83. The second-order valence-electron chi connectivity index (χ2n) is 4.70. The number of nitrogens with zero attached hydrogens (tertiary/aromatic N) is 4. The van der Waals surface area contributed by atoms with Crippen LogP contribution in [0.1, 0.15) is 19.4 Å². The lowest BCUT2D eigenvalue weighted by Gasteiger charge is -2.21. The first-order valence-corrected chi connectivity index (χ1v) is 7.37. The Morgan fingerprint density at radius 1 is 1.23 bits per heavy atom. The fourth-order valence-electron chi connectivity index (χ4n) is 2.28. The molecule has 0 radical (unpaired) electrons. The van der Waals surface area contributed by atoms with Crippen molar-refractivity contribution in [2.75, 3.05) is 18.0 Å². The predicted octanol–water partition coefficient (Wildman–Crippen LogP) is 4.16. The minimum atomic E-state index is 0.00260. The Morgan fingerprint density at radius 3 is 2.50 bits per heavy atom. The smallest absolute Gasteiger partial charge is 0.137 e. The van der Waals surface area contributed by atoms with Gasteiger partial charge >= 0.3 is 0 Å². The van der Waals surface area contributed by atoms with Gasteiger partial charge in [-0.05, 0) is 38.1 Å². The summed E-state index contributed by atoms with van der Waals surface area (Å²) >= 11 is 6.17. The largest absolute Gasteiger partial charge is 0.372 e. The van der Waals surface area contributed by atoms with Gasteiger partial charge in [0, 0.05) is 29.7 Å². The molecule has 0 aliphatic rings. The summed E-state index contributed by atoms with van der Waals surface area (Å²) in [5.74, 6) is 0. The molecule has 22 heavy (non-hydrogen) atoms. The highest BCUT2D eigenvalue weighted by Gasteiger charge is 2.08. The summed E-state index contributed by atoms with van der Waals surface area (Å²) in [7, 11) is 0. The van der Waals surface area contributed by atoms with Gasteiger partial charge in [0.25, 0.3) is 0 Å². The monoisotopic (exact) mass is 310 g/mol. The Bertz CT molecular complexity index is 792. The average molecular weight is 311 g/mol. The molecule has 0 amide bonds. The zero-order chi connectivity index (χ0) is 16.1. The third-order valence-corrected chi connectivity index (χ3v) is 3.75. The lowest BCUT2D eigenvalue weighted by Crippen LogP contribution is -2.21. The first-order chi connectivity index (χ1) is 10.6. The number of aromatic nitrogens is 1. The molecule has 2 rings (SSSR count). The normalized spacial score (nSPS) is 9.86. The molecular formula is C17H15ClN4. The van der Waals surface area contributed by atoms with Gasteiger partial charge in [-0.25, -0.2) is 4.98 Å². The molecule has 5 heteroatoms. The van der Waals surface area contributed by atoms with E-state index in [9.17, 15) is 0 Å². The molecule has 1 aromatic carbocycles. The van der Waals surface area contributed by atoms with Crippen molar-refractivity contribution in [3.63, 3.8) is 0 Å². The van der Waals surface area contributed by atoms with Crippen LogP contribution in [0.25, 0.3) is 17.0 Å². The number of pyridine rings is 1. The summed E-state index contributed by atoms with van der Waals surface area (Å²) in [6.45, 7) is 6.05. The highest BCUT2D eigenvalue weighted by Crippen LogP contribution is 2.26. The lowest BCUT2D eigenvalue weighted by molar-refractivity contribution is 0.867. The van der Waals surface area contributed by atoms with Crippen LogP contribution in [0.3, 0.4) is 0 Å². The van der Waals surface area contributed by atoms with E-state index in [-0.39, 0.29) is 10.7 Å². The van der Waals surface area contributed by atoms with Crippen LogP contribution in [0, 0.1) is 22.7 Å². The van der Waals surface area contributed by atoms with Gasteiger partial charge in [-0.2, -0.15) is 10.5 Å². The van der Waals surface area contributed by atoms with E-state index in [1.165, 1.54) is 6.08 Å². The van der Waals surface area contributed by atoms with Gasteiger partial charge < -0.3 is 4.90 Å². The summed E-state index contributed by atoms with van der Waals surface area (Å²) in [5, 5.41) is 18.9. The molecule has 110 valence electrons. The first-order valence-electron chi connectivity index (χ1n) is 7.00. The van der Waals surface area contributed by atoms with Gasteiger partial charge in [-0.1, -0.05) is 17.7 Å². The third kappa shape index (κ3) is 3.19. The van der Waals surface area contributed by atoms with Crippen LogP contribution >= 0.6 is 11.6 Å². The van der Waals surface area contributed by atoms with Gasteiger partial charge in [0.2, 0.25) is 0 Å². The standard InChI is InChI=1S/C17H15ClN4/c1-3-22(4-2)15-6-5-13-8-14(7-12(10-19)11-20)17(18)21-16(13)9-15/h5-9H,3-4H2,1-2H3. The summed E-state index contributed by atoms with van der Waals surface area (Å²) in [4.78, 5) is 6.61. The van der Waals surface area contributed by atoms with E-state index >= 15 is 0 Å². The average Bonchev–Trinajstić information content (AvgIpc) is 2.54. The topological polar surface area (TPSA) is 63.7 Å². The van der Waals surface area contributed by atoms with Gasteiger partial charge in [-0.15, -0.1) is 0 Å². The maximum atomic E-state index is 8.83. The Labute approximate surface area is 134 Å². The molecule has 1 heterocycles. The summed E-state index contributed by atoms with van der Waals surface area (Å²) in [6, 6.07) is 11.5. The van der Waals surface area contributed by atoms with E-state index < -0.39 is 0 Å². The molecule has 0 aliphatic heterocycles. The van der Waals surface area contributed by atoms with Gasteiger partial charge in [0.1, 0.15) is 22.9 Å². The molecule has 0 saturated heterocycles. The molecule has 4 nitrogen and oxygen atoms in total. The van der Waals surface area contributed by atoms with Crippen molar-refractivity contribution >= 4 is 34.3 Å². The molecule has 2 aromatic rings. The summed E-state index contributed by atoms with van der Waals surface area (Å²) in [5.41, 5.74) is 2.46. The predicted molar refractivity (Wildman–Crippen MR) is 89.5 cm³/mol. The van der Waals surface area contributed by atoms with Crippen molar-refractivity contribution in [1.82, 2.24) is 4.98 Å². The van der Waals surface area contributed by atoms with E-state index in [0.717, 1.165) is 29.7 Å². The molecule has 0 unspecified atom stereocenters. The van der Waals surface area contributed by atoms with Crippen molar-refractivity contribution in [2.24, 2.45) is 0 Å². The van der Waals surface area contributed by atoms with Crippen molar-refractivity contribution < 1.29 is 0 Å². The van der Waals surface area contributed by atoms with E-state index in [4.69, 9.17) is 22.1 Å². The number of fused-ring (bicyclic) bond motifs is 1. The summed E-state index contributed by atoms with van der Waals surface area (Å²) < 4.78 is 0. The van der Waals surface area contributed by atoms with Crippen LogP contribution in [0.15, 0.2) is 29.8 Å². The molecule has 0 saturated carbocycles. The van der Waals surface area contributed by atoms with Crippen molar-refractivity contribution in [3.05, 3.63) is 40.6 Å². The minimum Gasteiger partial charge on any atom is -0.372 e. The Balaban J connectivity index is 2.54. The fraction of sp³-hybridized carbons (Fsp3) is 0.235. The van der Waals surface area contributed by atoms with Crippen LogP contribution in [0.5, 0.6) is 0 Å². The zero-order valence-electron chi connectivity index (χ0n) is 12.5. The highest BCUT2D eigenvalue weighted by molar-refractivity contribution is 6.31. The number of benzene rings is 1. The number of hydrogen-bond donors (Lipinski definition) is 0. The molecular weight excluding hydrogens is 296 g/mol. The van der Waals surface area contributed by atoms with Gasteiger partial charge in [0.05, 0.1) is 5.52 Å². The van der Waals surface area contributed by atoms with Crippen molar-refractivity contribution in [1.29, 1.82) is 10.5 Å². The van der Waals surface area contributed by atoms with E-state index in [1.807, 2.05) is 36.4 Å². The van der Waals surface area contributed by atoms with Crippen molar-refractivity contribution in [2.45, 2.75) is 13.8 Å². The maximum Gasteiger partial charge on any atom is 0.137 e. The van der Waals surface area contributed by atoms with Crippen LogP contribution in [0.2, 0.25) is 5.15 Å². The minimum absolute atomic E-state index is 0.00260. The zero-order valence-corrected chi connectivity index (χ0v) is 13.2. The number of halogens is 1. The molecule has 0 fully saturated rings. The lowest BCUT2D eigenvalue weighted by atomic mass is 10.1. The van der Waals surface area contributed by atoms with Gasteiger partial charge in [0.15, 0.2) is 0 Å². The molecule has 0 N–H and O–H groups in total. The molecule has 0 aliphatic carbocycles. The molecule has 1 aromatic heterocycles. The van der Waals surface area contributed by atoms with Crippen molar-refractivity contribution in [3.8, 4) is 12.1 Å². The van der Waals surface area contributed by atoms with E-state index in [2.05, 4.69) is 23.7 Å². The Kier molecular flexibility index (Phi) is 4.99. The molecule has 0 bridgehead atoms. The van der Waals surface area contributed by atoms with Crippen LogP contribution < -0.4 is 4.90 Å². The number of allylic oxidation sites excluding steroid dienone is 1. The van der Waals surface area contributed by atoms with Crippen LogP contribution in [-0.4, -0.2) is 18.1 Å². The van der Waals surface area contributed by atoms with E-state index in [0.29, 0.717) is 5.56 Å². The Morgan fingerprint density at radius 2 is 1.91 bits per heavy atom. The number of rotatable bonds is 4. The molecule has 0 spiro atoms. The van der Waals surface area contributed by atoms with Crippen LogP contribution in [-0.2, 0) is 0 Å². The fourth-order valence-corrected chi connectivity index (χ4v) is 2.48. The quantitative estimate of drug-likeness (QED) is 0.628. The highest BCUT2D eigenvalue weighted by atomic mass is 35.5. The summed E-state index contributed by atoms with van der Waals surface area (Å²) in [6.07, 6.45) is 1.45. The second-order valence-corrected chi connectivity index (χ2v) is 5.06. The third-order valence-electron chi connectivity index (χ3n) is 3.45. The second kappa shape index (κ2) is 6.93. The Hall–Kier alpha value is -2.56. The SMILES string of the molecule is CCN(CC)c1ccc2cc(C=C(C#N)C#N)c(Cl)nc2c1. The van der Waals surface area contributed by atoms with Gasteiger partial charge in [-0.3, -0.25) is 0 Å². The van der Waals surface area contributed by atoms with Crippen LogP contribution in [0.4, 0.5) is 5.69 Å². The first kappa shape index (κ1) is 15.8. The number of nitriles is 2. The van der Waals surface area contributed by atoms with E-state index in [1.54, 1.807) is 0 Å².